The minimum absolute atomic E-state index is 0.0259. The molecule has 0 aliphatic carbocycles. The Hall–Kier alpha value is -1.02. The van der Waals surface area contributed by atoms with Gasteiger partial charge in [0, 0.05) is 13.0 Å². The number of unbranched alkanes of at least 4 members (excludes halogenated alkanes) is 27. The van der Waals surface area contributed by atoms with Gasteiger partial charge in [0.15, 0.2) is 0 Å². The van der Waals surface area contributed by atoms with Crippen LogP contribution in [-0.4, -0.2) is 70.7 Å². The third-order valence-corrected chi connectivity index (χ3v) is 11.4. The molecule has 0 amide bonds. The highest BCUT2D eigenvalue weighted by atomic mass is 31.2. The monoisotopic (exact) mass is 828 g/mol. The molecule has 9 heteroatoms. The first-order valence-corrected chi connectivity index (χ1v) is 25.5. The second-order valence-electron chi connectivity index (χ2n) is 17.5. The van der Waals surface area contributed by atoms with Crippen LogP contribution in [0.25, 0.3) is 0 Å². The number of nitrogens with zero attached hydrogens (tertiary/aromatic N) is 1. The van der Waals surface area contributed by atoms with Gasteiger partial charge in [-0.05, 0) is 64.2 Å². The summed E-state index contributed by atoms with van der Waals surface area (Å²) in [5, 5.41) is 0. The van der Waals surface area contributed by atoms with Crippen molar-refractivity contribution in [2.45, 2.75) is 225 Å². The first-order valence-electron chi connectivity index (χ1n) is 24.1. The molecule has 0 aromatic heterocycles. The minimum Gasteiger partial charge on any atom is -0.756 e. The van der Waals surface area contributed by atoms with Crippen molar-refractivity contribution in [3.63, 3.8) is 0 Å². The summed E-state index contributed by atoms with van der Waals surface area (Å²) in [7, 11) is 1.36. The number of allylic oxidation sites excluding steroid dienone is 4. The van der Waals surface area contributed by atoms with Gasteiger partial charge in [-0.25, -0.2) is 0 Å². The molecule has 0 aromatic carbocycles. The molecule has 2 atom stereocenters. The van der Waals surface area contributed by atoms with E-state index in [0.29, 0.717) is 24.1 Å². The number of phosphoric ester groups is 1. The number of rotatable bonds is 45. The van der Waals surface area contributed by atoms with E-state index in [2.05, 4.69) is 38.2 Å². The quantitative estimate of drug-likeness (QED) is 0.0198. The Labute approximate surface area is 353 Å². The van der Waals surface area contributed by atoms with Crippen molar-refractivity contribution < 1.29 is 37.3 Å². The van der Waals surface area contributed by atoms with Crippen LogP contribution in [0.3, 0.4) is 0 Å². The van der Waals surface area contributed by atoms with Gasteiger partial charge in [0.05, 0.1) is 34.4 Å². The van der Waals surface area contributed by atoms with Crippen molar-refractivity contribution in [3.8, 4) is 0 Å². The summed E-state index contributed by atoms with van der Waals surface area (Å²) in [4.78, 5) is 25.1. The van der Waals surface area contributed by atoms with Crippen molar-refractivity contribution in [1.82, 2.24) is 0 Å². The molecule has 0 N–H and O–H groups in total. The molecule has 0 aromatic rings. The highest BCUT2D eigenvalue weighted by Gasteiger charge is 2.20. The second-order valence-corrected chi connectivity index (χ2v) is 18.9. The molecular formula is C48H94NO7P. The van der Waals surface area contributed by atoms with Crippen LogP contribution < -0.4 is 4.89 Å². The number of quaternary nitrogens is 1. The first kappa shape index (κ1) is 56.0. The molecule has 57 heavy (non-hydrogen) atoms. The maximum absolute atomic E-state index is 12.7. The van der Waals surface area contributed by atoms with Crippen LogP contribution >= 0.6 is 7.82 Å². The summed E-state index contributed by atoms with van der Waals surface area (Å²) in [5.74, 6) is -0.336. The van der Waals surface area contributed by atoms with Crippen LogP contribution in [0.5, 0.6) is 0 Å². The molecule has 0 bridgehead atoms. The van der Waals surface area contributed by atoms with E-state index in [1.807, 2.05) is 21.1 Å². The van der Waals surface area contributed by atoms with E-state index < -0.39 is 13.9 Å². The number of carbonyl (C=O) groups excluding carboxylic acids is 1. The normalized spacial score (nSPS) is 13.9. The Kier molecular flexibility index (Phi) is 41.0. The lowest BCUT2D eigenvalue weighted by Crippen LogP contribution is -2.37. The van der Waals surface area contributed by atoms with Gasteiger partial charge in [-0.1, -0.05) is 173 Å². The molecule has 0 aliphatic rings. The molecule has 0 heterocycles. The Morgan fingerprint density at radius 2 is 0.912 bits per heavy atom. The predicted octanol–water partition coefficient (Wildman–Crippen LogP) is 13.8. The van der Waals surface area contributed by atoms with Crippen molar-refractivity contribution in [2.24, 2.45) is 0 Å². The van der Waals surface area contributed by atoms with Gasteiger partial charge in [0.1, 0.15) is 19.3 Å². The highest BCUT2D eigenvalue weighted by molar-refractivity contribution is 7.45. The second kappa shape index (κ2) is 41.7. The Morgan fingerprint density at radius 1 is 0.526 bits per heavy atom. The van der Waals surface area contributed by atoms with Crippen LogP contribution in [0.4, 0.5) is 0 Å². The first-order chi connectivity index (χ1) is 27.6. The molecule has 0 radical (unpaired) electrons. The number of esters is 1. The number of phosphoric acid groups is 1. The fraction of sp³-hybridized carbons (Fsp3) is 0.896. The van der Waals surface area contributed by atoms with Gasteiger partial charge < -0.3 is 27.9 Å². The van der Waals surface area contributed by atoms with E-state index in [4.69, 9.17) is 18.5 Å². The summed E-state index contributed by atoms with van der Waals surface area (Å²) < 4.78 is 34.6. The van der Waals surface area contributed by atoms with Crippen LogP contribution in [-0.2, 0) is 27.9 Å². The minimum atomic E-state index is -4.53. The van der Waals surface area contributed by atoms with E-state index in [0.717, 1.165) is 32.1 Å². The Balaban J connectivity index is 4.15. The molecule has 8 nitrogen and oxygen atoms in total. The van der Waals surface area contributed by atoms with E-state index >= 15 is 0 Å². The number of hydrogen-bond donors (Lipinski definition) is 0. The van der Waals surface area contributed by atoms with Gasteiger partial charge in [0.25, 0.3) is 7.82 Å². The average molecular weight is 828 g/mol. The van der Waals surface area contributed by atoms with Crippen molar-refractivity contribution >= 4 is 13.8 Å². The van der Waals surface area contributed by atoms with Crippen molar-refractivity contribution in [2.75, 3.05) is 54.1 Å². The Morgan fingerprint density at radius 3 is 1.35 bits per heavy atom. The number of ether oxygens (including phenoxy) is 2. The van der Waals surface area contributed by atoms with Gasteiger partial charge in [-0.3, -0.25) is 9.36 Å². The van der Waals surface area contributed by atoms with E-state index in [9.17, 15) is 14.3 Å². The smallest absolute Gasteiger partial charge is 0.306 e. The van der Waals surface area contributed by atoms with Crippen molar-refractivity contribution in [1.29, 1.82) is 0 Å². The topological polar surface area (TPSA) is 94.1 Å². The molecule has 0 rings (SSSR count). The lowest BCUT2D eigenvalue weighted by molar-refractivity contribution is -0.870. The van der Waals surface area contributed by atoms with Crippen LogP contribution in [0, 0.1) is 0 Å². The van der Waals surface area contributed by atoms with Gasteiger partial charge in [-0.15, -0.1) is 0 Å². The fourth-order valence-corrected chi connectivity index (χ4v) is 7.44. The summed E-state index contributed by atoms with van der Waals surface area (Å²) >= 11 is 0. The lowest BCUT2D eigenvalue weighted by atomic mass is 10.1. The molecule has 0 aliphatic heterocycles. The third-order valence-electron chi connectivity index (χ3n) is 10.5. The van der Waals surface area contributed by atoms with Gasteiger partial charge in [-0.2, -0.15) is 0 Å². The van der Waals surface area contributed by atoms with Crippen LogP contribution in [0.1, 0.15) is 219 Å². The Bertz CT molecular complexity index is 967. The highest BCUT2D eigenvalue weighted by Crippen LogP contribution is 2.38. The van der Waals surface area contributed by atoms with Gasteiger partial charge >= 0.3 is 5.97 Å². The van der Waals surface area contributed by atoms with Crippen LogP contribution in [0.2, 0.25) is 0 Å². The number of likely N-dealkylation sites (N-methyl/N-ethyl adjacent to an activating group) is 1. The zero-order chi connectivity index (χ0) is 42.0. The molecular weight excluding hydrogens is 734 g/mol. The molecule has 2 unspecified atom stereocenters. The largest absolute Gasteiger partial charge is 0.756 e. The molecule has 338 valence electrons. The van der Waals surface area contributed by atoms with E-state index in [1.54, 1.807) is 0 Å². The lowest BCUT2D eigenvalue weighted by Gasteiger charge is -2.28. The van der Waals surface area contributed by atoms with E-state index in [-0.39, 0.29) is 25.8 Å². The average Bonchev–Trinajstić information content (AvgIpc) is 3.16. The summed E-state index contributed by atoms with van der Waals surface area (Å²) in [6.07, 6.45) is 47.6. The summed E-state index contributed by atoms with van der Waals surface area (Å²) in [6, 6.07) is 0. The molecule has 0 fully saturated rings. The molecule has 0 saturated carbocycles. The number of carbonyl (C=O) groups is 1. The third kappa shape index (κ3) is 45.9. The molecule has 0 saturated heterocycles. The van der Waals surface area contributed by atoms with Crippen LogP contribution in [0.15, 0.2) is 24.3 Å². The van der Waals surface area contributed by atoms with E-state index in [1.165, 1.54) is 167 Å². The maximum atomic E-state index is 12.7. The maximum Gasteiger partial charge on any atom is 0.306 e. The van der Waals surface area contributed by atoms with Crippen molar-refractivity contribution in [3.05, 3.63) is 24.3 Å². The summed E-state index contributed by atoms with van der Waals surface area (Å²) in [5.41, 5.74) is 0. The zero-order valence-corrected chi connectivity index (χ0v) is 39.2. The fourth-order valence-electron chi connectivity index (χ4n) is 6.71. The zero-order valence-electron chi connectivity index (χ0n) is 38.3. The molecule has 0 spiro atoms. The SMILES string of the molecule is CCCCCC/C=C\CCCCCCCCOCC(COP(=O)([O-])OCC[N+](C)(C)C)OC(=O)CCCCCCCCCCC/C=C\CCCCCCCCCC. The summed E-state index contributed by atoms with van der Waals surface area (Å²) in [6.45, 7) is 5.41. The van der Waals surface area contributed by atoms with Gasteiger partial charge in [0.2, 0.25) is 0 Å². The predicted molar refractivity (Wildman–Crippen MR) is 240 cm³/mol. The number of hydrogen-bond acceptors (Lipinski definition) is 7. The standard InChI is InChI=1S/C48H94NO7P/c1-6-8-10-12-14-16-18-20-22-23-24-25-26-27-28-29-31-33-35-37-39-41-48(50)56-47(46-55-57(51,52)54-44-42-49(3,4)5)45-53-43-40-38-36-34-32-30-21-19-17-15-13-11-9-7-2/h17,19,23-24,47H,6-16,18,20-22,25-46H2,1-5H3/b19-17-,24-23-.